The van der Waals surface area contributed by atoms with Crippen molar-refractivity contribution < 1.29 is 36.2 Å². The summed E-state index contributed by atoms with van der Waals surface area (Å²) in [6.07, 6.45) is -9.27. The van der Waals surface area contributed by atoms with Gasteiger partial charge in [0.1, 0.15) is 0 Å². The van der Waals surface area contributed by atoms with Gasteiger partial charge in [-0.15, -0.1) is 11.3 Å². The largest absolute Gasteiger partial charge is 0.478 e. The van der Waals surface area contributed by atoms with Crippen molar-refractivity contribution in [3.8, 4) is 10.4 Å². The fourth-order valence-corrected chi connectivity index (χ4v) is 4.03. The number of carboxylic acids is 1. The second kappa shape index (κ2) is 7.75. The molecule has 3 nitrogen and oxygen atoms in total. The number of carboxylic acid groups (broad SMARTS) is 1. The van der Waals surface area contributed by atoms with Gasteiger partial charge in [0.2, 0.25) is 0 Å². The first kappa shape index (κ1) is 21.8. The van der Waals surface area contributed by atoms with Crippen molar-refractivity contribution in [2.24, 2.45) is 0 Å². The minimum atomic E-state index is -4.86. The lowest BCUT2D eigenvalue weighted by atomic mass is 10.0. The van der Waals surface area contributed by atoms with Gasteiger partial charge in [-0.25, -0.2) is 9.78 Å². The summed E-state index contributed by atoms with van der Waals surface area (Å²) in [5.41, 5.74) is -2.04. The first-order valence-corrected chi connectivity index (χ1v) is 9.25. The quantitative estimate of drug-likeness (QED) is 0.470. The van der Waals surface area contributed by atoms with Gasteiger partial charge < -0.3 is 5.11 Å². The molecule has 0 spiro atoms. The molecule has 0 aliphatic carbocycles. The molecule has 0 aliphatic heterocycles. The van der Waals surface area contributed by atoms with Crippen LogP contribution in [0.2, 0.25) is 0 Å². The van der Waals surface area contributed by atoms with Crippen LogP contribution in [0.5, 0.6) is 0 Å². The van der Waals surface area contributed by atoms with Crippen LogP contribution in [0.15, 0.2) is 42.5 Å². The van der Waals surface area contributed by atoms with Gasteiger partial charge in [0, 0.05) is 6.42 Å². The van der Waals surface area contributed by atoms with E-state index in [-0.39, 0.29) is 12.0 Å². The molecule has 0 saturated carbocycles. The van der Waals surface area contributed by atoms with Gasteiger partial charge in [-0.2, -0.15) is 26.3 Å². The van der Waals surface area contributed by atoms with E-state index in [0.717, 1.165) is 35.6 Å². The lowest BCUT2D eigenvalue weighted by molar-refractivity contribution is -0.138. The predicted molar refractivity (Wildman–Crippen MR) is 98.5 cm³/mol. The average molecular weight is 445 g/mol. The number of alkyl halides is 6. The minimum Gasteiger partial charge on any atom is -0.478 e. The van der Waals surface area contributed by atoms with E-state index in [1.165, 1.54) is 18.2 Å². The number of aromatic carboxylic acids is 1. The summed E-state index contributed by atoms with van der Waals surface area (Å²) < 4.78 is 78.4. The van der Waals surface area contributed by atoms with Crippen LogP contribution in [0.3, 0.4) is 0 Å². The zero-order valence-electron chi connectivity index (χ0n) is 15.2. The Hall–Kier alpha value is -2.88. The van der Waals surface area contributed by atoms with E-state index in [2.05, 4.69) is 4.98 Å². The fourth-order valence-electron chi connectivity index (χ4n) is 2.93. The molecule has 0 aliphatic rings. The smallest absolute Gasteiger partial charge is 0.417 e. The third-order valence-corrected chi connectivity index (χ3v) is 5.47. The number of aryl methyl sites for hydroxylation is 1. The molecule has 1 N–H and O–H groups in total. The van der Waals surface area contributed by atoms with E-state index >= 15 is 0 Å². The maximum Gasteiger partial charge on any atom is 0.417 e. The molecule has 0 atom stereocenters. The normalized spacial score (nSPS) is 12.2. The molecule has 3 rings (SSSR count). The van der Waals surface area contributed by atoms with Crippen molar-refractivity contribution in [3.63, 3.8) is 0 Å². The summed E-state index contributed by atoms with van der Waals surface area (Å²) in [5.74, 6) is -1.69. The molecule has 1 aromatic heterocycles. The average Bonchev–Trinajstić information content (AvgIpc) is 3.00. The number of aromatic nitrogens is 1. The number of rotatable bonds is 4. The summed E-state index contributed by atoms with van der Waals surface area (Å²) in [5, 5.41) is 9.43. The Bertz CT molecular complexity index is 1100. The number of halogens is 6. The van der Waals surface area contributed by atoms with Crippen molar-refractivity contribution in [3.05, 3.63) is 75.4 Å². The van der Waals surface area contributed by atoms with Gasteiger partial charge in [0.25, 0.3) is 0 Å². The SMILES string of the molecule is Cc1nc(Cc2cccc(C(F)(F)F)c2)sc1-c1ccc(C(=O)O)c(C(F)(F)F)c1. The lowest BCUT2D eigenvalue weighted by Gasteiger charge is -2.11. The Morgan fingerprint density at radius 3 is 2.33 bits per heavy atom. The second-order valence-corrected chi connectivity index (χ2v) is 7.54. The van der Waals surface area contributed by atoms with E-state index in [1.807, 2.05) is 0 Å². The summed E-state index contributed by atoms with van der Waals surface area (Å²) in [6, 6.07) is 7.62. The molecule has 3 aromatic rings. The molecule has 0 unspecified atom stereocenters. The van der Waals surface area contributed by atoms with Crippen molar-refractivity contribution in [2.75, 3.05) is 0 Å². The van der Waals surface area contributed by atoms with Crippen LogP contribution in [-0.2, 0) is 18.8 Å². The van der Waals surface area contributed by atoms with Crippen LogP contribution in [-0.4, -0.2) is 16.1 Å². The summed E-state index contributed by atoms with van der Waals surface area (Å²) >= 11 is 1.05. The van der Waals surface area contributed by atoms with Crippen molar-refractivity contribution >= 4 is 17.3 Å². The number of benzene rings is 2. The highest BCUT2D eigenvalue weighted by molar-refractivity contribution is 7.15. The third kappa shape index (κ3) is 4.64. The minimum absolute atomic E-state index is 0.0781. The molecule has 30 heavy (non-hydrogen) atoms. The first-order valence-electron chi connectivity index (χ1n) is 8.43. The third-order valence-electron chi connectivity index (χ3n) is 4.27. The molecule has 10 heteroatoms. The van der Waals surface area contributed by atoms with Crippen LogP contribution in [0.25, 0.3) is 10.4 Å². The molecule has 0 bridgehead atoms. The van der Waals surface area contributed by atoms with Gasteiger partial charge in [0.15, 0.2) is 0 Å². The highest BCUT2D eigenvalue weighted by Gasteiger charge is 2.36. The van der Waals surface area contributed by atoms with Gasteiger partial charge in [-0.3, -0.25) is 0 Å². The molecular formula is C20H13F6NO2S. The summed E-state index contributed by atoms with van der Waals surface area (Å²) in [4.78, 5) is 15.8. The Kier molecular flexibility index (Phi) is 5.64. The van der Waals surface area contributed by atoms with Gasteiger partial charge in [-0.1, -0.05) is 24.3 Å². The van der Waals surface area contributed by atoms with Crippen LogP contribution in [0, 0.1) is 6.92 Å². The molecule has 0 amide bonds. The highest BCUT2D eigenvalue weighted by Crippen LogP contribution is 2.38. The molecular weight excluding hydrogens is 432 g/mol. The first-order chi connectivity index (χ1) is 13.9. The second-order valence-electron chi connectivity index (χ2n) is 6.46. The Balaban J connectivity index is 1.97. The van der Waals surface area contributed by atoms with Crippen molar-refractivity contribution in [1.82, 2.24) is 4.98 Å². The Labute approximate surface area is 170 Å². The van der Waals surface area contributed by atoms with Crippen LogP contribution < -0.4 is 0 Å². The van der Waals surface area contributed by atoms with Gasteiger partial charge in [0.05, 0.1) is 32.3 Å². The number of carbonyl (C=O) groups is 1. The maximum atomic E-state index is 13.3. The topological polar surface area (TPSA) is 50.2 Å². The Morgan fingerprint density at radius 1 is 1.03 bits per heavy atom. The number of hydrogen-bond donors (Lipinski definition) is 1. The lowest BCUT2D eigenvalue weighted by Crippen LogP contribution is -2.12. The van der Waals surface area contributed by atoms with E-state index in [1.54, 1.807) is 6.92 Å². The molecule has 158 valence electrons. The van der Waals surface area contributed by atoms with E-state index in [4.69, 9.17) is 5.11 Å². The maximum absolute atomic E-state index is 13.3. The van der Waals surface area contributed by atoms with Crippen LogP contribution >= 0.6 is 11.3 Å². The van der Waals surface area contributed by atoms with Crippen molar-refractivity contribution in [1.29, 1.82) is 0 Å². The van der Waals surface area contributed by atoms with E-state index < -0.39 is 35.0 Å². The molecule has 2 aromatic carbocycles. The summed E-state index contributed by atoms with van der Waals surface area (Å²) in [7, 11) is 0. The molecule has 0 radical (unpaired) electrons. The number of thiazole rings is 1. The summed E-state index contributed by atoms with van der Waals surface area (Å²) in [6.45, 7) is 1.57. The van der Waals surface area contributed by atoms with Crippen LogP contribution in [0.1, 0.15) is 37.7 Å². The molecule has 1 heterocycles. The number of nitrogens with zero attached hydrogens (tertiary/aromatic N) is 1. The molecule has 0 fully saturated rings. The zero-order chi connectivity index (χ0) is 22.3. The predicted octanol–water partition coefficient (Wildman–Crippen LogP) is 6.45. The Morgan fingerprint density at radius 2 is 1.73 bits per heavy atom. The van der Waals surface area contributed by atoms with Crippen molar-refractivity contribution in [2.45, 2.75) is 25.7 Å². The van der Waals surface area contributed by atoms with Gasteiger partial charge in [-0.05, 0) is 36.2 Å². The highest BCUT2D eigenvalue weighted by atomic mass is 32.1. The number of hydrogen-bond acceptors (Lipinski definition) is 3. The zero-order valence-corrected chi connectivity index (χ0v) is 16.0. The van der Waals surface area contributed by atoms with Gasteiger partial charge >= 0.3 is 18.3 Å². The van der Waals surface area contributed by atoms with E-state index in [0.29, 0.717) is 21.1 Å². The van der Waals surface area contributed by atoms with Crippen LogP contribution in [0.4, 0.5) is 26.3 Å². The van der Waals surface area contributed by atoms with E-state index in [9.17, 15) is 31.1 Å². The standard InChI is InChI=1S/C20H13F6NO2S/c1-10-17(12-5-6-14(18(28)29)15(9-12)20(24,25)26)30-16(27-10)8-11-3-2-4-13(7-11)19(21,22)23/h2-7,9H,8H2,1H3,(H,28,29). The monoisotopic (exact) mass is 445 g/mol. The molecule has 0 saturated heterocycles. The fraction of sp³-hybridized carbons (Fsp3) is 0.200.